The van der Waals surface area contributed by atoms with E-state index in [1.807, 2.05) is 0 Å². The molecule has 0 aromatic carbocycles. The number of hydrogen-bond acceptors (Lipinski definition) is 4. The maximum atomic E-state index is 14.3. The Morgan fingerprint density at radius 3 is 2.94 bits per heavy atom. The van der Waals surface area contributed by atoms with Gasteiger partial charge in [-0.25, -0.2) is 4.39 Å². The first-order valence-corrected chi connectivity index (χ1v) is 6.02. The van der Waals surface area contributed by atoms with Crippen molar-refractivity contribution in [1.29, 1.82) is 0 Å². The Bertz CT molecular complexity index is 526. The van der Waals surface area contributed by atoms with E-state index in [0.717, 1.165) is 0 Å². The molecular weight excluding hydrogens is 263 g/mol. The number of H-pyrrole nitrogens is 1. The van der Waals surface area contributed by atoms with Gasteiger partial charge in [0.25, 0.3) is 0 Å². The lowest BCUT2D eigenvalue weighted by molar-refractivity contribution is -0.0600. The van der Waals surface area contributed by atoms with Crippen LogP contribution in [-0.4, -0.2) is 33.0 Å². The molecule has 0 saturated carbocycles. The molecule has 0 radical (unpaired) electrons. The van der Waals surface area contributed by atoms with Gasteiger partial charge in [-0.05, 0) is 25.2 Å². The van der Waals surface area contributed by atoms with E-state index in [1.54, 1.807) is 12.3 Å². The number of aromatic nitrogens is 2. The summed E-state index contributed by atoms with van der Waals surface area (Å²) in [5.41, 5.74) is -1.57. The third kappa shape index (κ3) is 2.47. The van der Waals surface area contributed by atoms with E-state index in [4.69, 9.17) is 34.3 Å². The smallest absolute Gasteiger partial charge is 0.180 e. The highest BCUT2D eigenvalue weighted by molar-refractivity contribution is 7.72. The van der Waals surface area contributed by atoms with Crippen LogP contribution < -0.4 is 0 Å². The average molecular weight is 276 g/mol. The number of hydrogen-bond donors (Lipinski definition) is 2. The van der Waals surface area contributed by atoms with Gasteiger partial charge in [0.2, 0.25) is 0 Å². The van der Waals surface area contributed by atoms with Gasteiger partial charge in [-0.3, -0.25) is 4.57 Å². The van der Waals surface area contributed by atoms with Gasteiger partial charge in [0.05, 0.1) is 12.7 Å². The highest BCUT2D eigenvalue weighted by Crippen LogP contribution is 2.40. The van der Waals surface area contributed by atoms with E-state index in [2.05, 4.69) is 4.98 Å². The molecule has 2 heterocycles. The van der Waals surface area contributed by atoms with E-state index in [9.17, 15) is 4.39 Å². The van der Waals surface area contributed by atoms with E-state index >= 15 is 0 Å². The zero-order valence-corrected chi connectivity index (χ0v) is 10.9. The van der Waals surface area contributed by atoms with Crippen molar-refractivity contribution >= 4 is 24.4 Å². The van der Waals surface area contributed by atoms with Gasteiger partial charge in [0, 0.05) is 12.6 Å². The van der Waals surface area contributed by atoms with Crippen LogP contribution >= 0.6 is 24.4 Å². The zero-order chi connectivity index (χ0) is 12.6. The lowest BCUT2D eigenvalue weighted by atomic mass is 10.0. The second-order valence-electron chi connectivity index (χ2n) is 4.29. The number of aliphatic hydroxyl groups excluding tert-OH is 1. The predicted octanol–water partition coefficient (Wildman–Crippen LogP) is 2.28. The Hall–Kier alpha value is -0.630. The van der Waals surface area contributed by atoms with Crippen LogP contribution in [0.5, 0.6) is 0 Å². The first kappa shape index (κ1) is 12.8. The summed E-state index contributed by atoms with van der Waals surface area (Å²) < 4.78 is 22.1. The van der Waals surface area contributed by atoms with Crippen molar-refractivity contribution in [2.45, 2.75) is 31.3 Å². The number of nitrogens with one attached hydrogen (secondary N) is 1. The third-order valence-corrected chi connectivity index (χ3v) is 3.32. The lowest BCUT2D eigenvalue weighted by Crippen LogP contribution is -2.28. The van der Waals surface area contributed by atoms with Gasteiger partial charge in [-0.15, -0.1) is 0 Å². The van der Waals surface area contributed by atoms with Gasteiger partial charge < -0.3 is 14.8 Å². The van der Waals surface area contributed by atoms with Crippen molar-refractivity contribution in [1.82, 2.24) is 9.55 Å². The summed E-state index contributed by atoms with van der Waals surface area (Å²) in [6, 6.07) is 1.62. The van der Waals surface area contributed by atoms with Crippen molar-refractivity contribution in [3.05, 3.63) is 21.7 Å². The highest BCUT2D eigenvalue weighted by Gasteiger charge is 2.46. The van der Waals surface area contributed by atoms with E-state index in [1.165, 1.54) is 11.5 Å². The fourth-order valence-electron chi connectivity index (χ4n) is 1.99. The second kappa shape index (κ2) is 4.56. The molecule has 2 N–H and O–H groups in total. The molecule has 2 rings (SSSR count). The van der Waals surface area contributed by atoms with Gasteiger partial charge in [-0.1, -0.05) is 12.2 Å². The lowest BCUT2D eigenvalue weighted by Gasteiger charge is -2.23. The monoisotopic (exact) mass is 276 g/mol. The number of aliphatic hydroxyl groups is 1. The molecule has 1 aromatic rings. The van der Waals surface area contributed by atoms with Crippen molar-refractivity contribution in [2.75, 3.05) is 6.61 Å². The summed E-state index contributed by atoms with van der Waals surface area (Å²) in [4.78, 5) is 2.77. The molecule has 0 unspecified atom stereocenters. The Kier molecular flexibility index (Phi) is 3.44. The minimum Gasteiger partial charge on any atom is -0.394 e. The second-order valence-corrected chi connectivity index (χ2v) is 5.12. The molecule has 1 aliphatic rings. The van der Waals surface area contributed by atoms with Crippen LogP contribution in [0.1, 0.15) is 19.6 Å². The predicted molar refractivity (Wildman–Crippen MR) is 65.6 cm³/mol. The van der Waals surface area contributed by atoms with Crippen LogP contribution in [0.15, 0.2) is 12.3 Å². The Balaban J connectivity index is 2.40. The van der Waals surface area contributed by atoms with Crippen molar-refractivity contribution < 1.29 is 14.2 Å². The van der Waals surface area contributed by atoms with Gasteiger partial charge >= 0.3 is 0 Å². The topological polar surface area (TPSA) is 50.2 Å². The first-order chi connectivity index (χ1) is 7.94. The number of alkyl halides is 1. The number of aromatic amines is 1. The molecule has 0 aliphatic carbocycles. The van der Waals surface area contributed by atoms with E-state index < -0.39 is 18.0 Å². The molecule has 1 fully saturated rings. The normalized spacial score (nSPS) is 32.9. The average Bonchev–Trinajstić information content (AvgIpc) is 2.54. The summed E-state index contributed by atoms with van der Waals surface area (Å²) in [6.07, 6.45) is 0.411. The summed E-state index contributed by atoms with van der Waals surface area (Å²) in [5, 5.41) is 9.02. The summed E-state index contributed by atoms with van der Waals surface area (Å²) >= 11 is 10.0. The Morgan fingerprint density at radius 1 is 1.71 bits per heavy atom. The Labute approximate surface area is 108 Å². The fourth-order valence-corrected chi connectivity index (χ4v) is 2.48. The SMILES string of the molecule is C[C@@]1(F)C[C@@H](CO)O[C@H]1n1ccc(=S)[nH]c1=S. The summed E-state index contributed by atoms with van der Waals surface area (Å²) in [7, 11) is 0. The number of nitrogens with zero attached hydrogens (tertiary/aromatic N) is 1. The van der Waals surface area contributed by atoms with Crippen LogP contribution in [0.4, 0.5) is 4.39 Å². The minimum atomic E-state index is -1.57. The van der Waals surface area contributed by atoms with Crippen LogP contribution in [0, 0.1) is 9.41 Å². The number of ether oxygens (including phenoxy) is 1. The van der Waals surface area contributed by atoms with Crippen LogP contribution in [0.2, 0.25) is 0 Å². The van der Waals surface area contributed by atoms with Crippen LogP contribution in [0.25, 0.3) is 0 Å². The molecule has 0 amide bonds. The third-order valence-electron chi connectivity index (χ3n) is 2.77. The van der Waals surface area contributed by atoms with Crippen molar-refractivity contribution in [3.8, 4) is 0 Å². The fraction of sp³-hybridized carbons (Fsp3) is 0.600. The largest absolute Gasteiger partial charge is 0.394 e. The molecule has 0 bridgehead atoms. The molecule has 4 nitrogen and oxygen atoms in total. The molecule has 1 aliphatic heterocycles. The summed E-state index contributed by atoms with van der Waals surface area (Å²) in [5.74, 6) is 0. The van der Waals surface area contributed by atoms with Crippen molar-refractivity contribution in [2.24, 2.45) is 0 Å². The summed E-state index contributed by atoms with van der Waals surface area (Å²) in [6.45, 7) is 1.24. The molecule has 1 aromatic heterocycles. The highest BCUT2D eigenvalue weighted by atomic mass is 32.1. The van der Waals surface area contributed by atoms with Gasteiger partial charge in [0.1, 0.15) is 4.64 Å². The first-order valence-electron chi connectivity index (χ1n) is 5.21. The van der Waals surface area contributed by atoms with Gasteiger partial charge in [0.15, 0.2) is 16.7 Å². The van der Waals surface area contributed by atoms with Gasteiger partial charge in [-0.2, -0.15) is 0 Å². The quantitative estimate of drug-likeness (QED) is 0.814. The van der Waals surface area contributed by atoms with Crippen LogP contribution in [0.3, 0.4) is 0 Å². The Morgan fingerprint density at radius 2 is 2.41 bits per heavy atom. The zero-order valence-electron chi connectivity index (χ0n) is 9.22. The molecule has 7 heteroatoms. The van der Waals surface area contributed by atoms with E-state index in [0.29, 0.717) is 9.41 Å². The molecule has 0 spiro atoms. The molecule has 3 atom stereocenters. The van der Waals surface area contributed by atoms with E-state index in [-0.39, 0.29) is 13.0 Å². The standard InChI is InChI=1S/C10H13FN2O2S2/c1-10(11)4-6(5-14)15-8(10)13-3-2-7(16)12-9(13)17/h2-3,6,8,14H,4-5H2,1H3,(H,12,16,17)/t6-,8+,10+/m0/s1. The number of rotatable bonds is 2. The maximum Gasteiger partial charge on any atom is 0.180 e. The maximum absolute atomic E-state index is 14.3. The number of halogens is 1. The molecule has 1 saturated heterocycles. The minimum absolute atomic E-state index is 0.144. The molecule has 17 heavy (non-hydrogen) atoms. The molecular formula is C10H13FN2O2S2. The molecule has 94 valence electrons. The van der Waals surface area contributed by atoms with Crippen LogP contribution in [-0.2, 0) is 4.74 Å². The van der Waals surface area contributed by atoms with Crippen molar-refractivity contribution in [3.63, 3.8) is 0 Å².